The van der Waals surface area contributed by atoms with Gasteiger partial charge in [-0.3, -0.25) is 0 Å². The molecule has 0 fully saturated rings. The molecule has 0 heterocycles. The Balaban J connectivity index is 2.09. The standard InChI is InChI=1S/C26H16/c1-13-11-17-5-3-16-8-10-20-14(2)12-18-6-4-15-7-9-19(13)25-21(15)24(18)26(20)22(16)23(17)25/h3-12H,1-2H3. The molecule has 0 nitrogen and oxygen atoms in total. The quantitative estimate of drug-likeness (QED) is 0.199. The molecule has 0 unspecified atom stereocenters. The summed E-state index contributed by atoms with van der Waals surface area (Å²) < 4.78 is 0. The van der Waals surface area contributed by atoms with Crippen molar-refractivity contribution >= 4 is 64.6 Å². The van der Waals surface area contributed by atoms with Crippen LogP contribution >= 0.6 is 0 Å². The van der Waals surface area contributed by atoms with Crippen molar-refractivity contribution < 1.29 is 0 Å². The molecule has 0 saturated carbocycles. The van der Waals surface area contributed by atoms with Crippen molar-refractivity contribution in [3.63, 3.8) is 0 Å². The molecule has 7 rings (SSSR count). The molecule has 0 bridgehead atoms. The molecule has 0 aliphatic rings. The summed E-state index contributed by atoms with van der Waals surface area (Å²) in [5, 5.41) is 16.9. The number of hydrogen-bond donors (Lipinski definition) is 0. The first-order chi connectivity index (χ1) is 12.7. The van der Waals surface area contributed by atoms with Gasteiger partial charge < -0.3 is 0 Å². The lowest BCUT2D eigenvalue weighted by Gasteiger charge is -2.22. The van der Waals surface area contributed by atoms with Crippen molar-refractivity contribution in [1.82, 2.24) is 0 Å². The van der Waals surface area contributed by atoms with Gasteiger partial charge in [0.2, 0.25) is 0 Å². The second-order valence-electron chi connectivity index (χ2n) is 7.89. The van der Waals surface area contributed by atoms with E-state index in [1.807, 2.05) is 0 Å². The van der Waals surface area contributed by atoms with Crippen molar-refractivity contribution in [3.05, 3.63) is 71.8 Å². The molecular weight excluding hydrogens is 312 g/mol. The van der Waals surface area contributed by atoms with Gasteiger partial charge in [-0.25, -0.2) is 0 Å². The van der Waals surface area contributed by atoms with Crippen LogP contribution in [0.25, 0.3) is 64.6 Å². The third-order valence-electron chi connectivity index (χ3n) is 6.53. The van der Waals surface area contributed by atoms with Crippen LogP contribution in [0.3, 0.4) is 0 Å². The normalized spacial score (nSPS) is 13.0. The summed E-state index contributed by atoms with van der Waals surface area (Å²) >= 11 is 0. The third-order valence-corrected chi connectivity index (χ3v) is 6.53. The van der Waals surface area contributed by atoms with Crippen LogP contribution in [-0.4, -0.2) is 0 Å². The second-order valence-corrected chi connectivity index (χ2v) is 7.89. The van der Waals surface area contributed by atoms with Crippen LogP contribution in [0.15, 0.2) is 60.7 Å². The summed E-state index contributed by atoms with van der Waals surface area (Å²) in [6, 6.07) is 23.2. The molecule has 26 heavy (non-hydrogen) atoms. The zero-order valence-corrected chi connectivity index (χ0v) is 14.8. The predicted octanol–water partition coefficient (Wildman–Crippen LogP) is 7.54. The molecule has 7 aromatic carbocycles. The minimum atomic E-state index is 1.36. The molecular formula is C26H16. The zero-order chi connectivity index (χ0) is 17.2. The molecule has 0 N–H and O–H groups in total. The van der Waals surface area contributed by atoms with Gasteiger partial charge in [-0.2, -0.15) is 0 Å². The number of benzene rings is 7. The van der Waals surface area contributed by atoms with E-state index < -0.39 is 0 Å². The molecule has 120 valence electrons. The van der Waals surface area contributed by atoms with Crippen LogP contribution in [0, 0.1) is 13.8 Å². The van der Waals surface area contributed by atoms with Gasteiger partial charge >= 0.3 is 0 Å². The van der Waals surface area contributed by atoms with Crippen molar-refractivity contribution in [2.45, 2.75) is 13.8 Å². The van der Waals surface area contributed by atoms with Crippen molar-refractivity contribution in [3.8, 4) is 0 Å². The molecule has 0 amide bonds. The highest BCUT2D eigenvalue weighted by Crippen LogP contribution is 2.49. The highest BCUT2D eigenvalue weighted by molar-refractivity contribution is 6.44. The summed E-state index contributed by atoms with van der Waals surface area (Å²) in [5.41, 5.74) is 2.74. The van der Waals surface area contributed by atoms with E-state index in [4.69, 9.17) is 0 Å². The zero-order valence-electron chi connectivity index (χ0n) is 14.8. The molecule has 0 saturated heterocycles. The Hall–Kier alpha value is -3.12. The van der Waals surface area contributed by atoms with E-state index in [1.54, 1.807) is 0 Å². The monoisotopic (exact) mass is 328 g/mol. The van der Waals surface area contributed by atoms with Crippen LogP contribution in [-0.2, 0) is 0 Å². The lowest BCUT2D eigenvalue weighted by atomic mass is 9.81. The van der Waals surface area contributed by atoms with E-state index >= 15 is 0 Å². The van der Waals surface area contributed by atoms with Gasteiger partial charge in [0.05, 0.1) is 0 Å². The topological polar surface area (TPSA) is 0 Å². The van der Waals surface area contributed by atoms with E-state index in [2.05, 4.69) is 74.5 Å². The van der Waals surface area contributed by atoms with Gasteiger partial charge in [0.15, 0.2) is 0 Å². The van der Waals surface area contributed by atoms with E-state index in [0.717, 1.165) is 0 Å². The second kappa shape index (κ2) is 3.99. The third kappa shape index (κ3) is 1.26. The molecule has 0 aliphatic heterocycles. The summed E-state index contributed by atoms with van der Waals surface area (Å²) in [5.74, 6) is 0. The van der Waals surface area contributed by atoms with Crippen molar-refractivity contribution in [2.24, 2.45) is 0 Å². The number of aryl methyl sites for hydroxylation is 2. The summed E-state index contributed by atoms with van der Waals surface area (Å²) in [6.45, 7) is 4.49. The maximum Gasteiger partial charge on any atom is -0.00112 e. The highest BCUT2D eigenvalue weighted by Gasteiger charge is 2.21. The first-order valence-electron chi connectivity index (χ1n) is 9.30. The maximum absolute atomic E-state index is 2.36. The fourth-order valence-corrected chi connectivity index (χ4v) is 5.45. The Labute approximate surface area is 150 Å². The Kier molecular flexibility index (Phi) is 2.02. The van der Waals surface area contributed by atoms with Gasteiger partial charge in [-0.15, -0.1) is 0 Å². The number of hydrogen-bond acceptors (Lipinski definition) is 0. The molecule has 0 heteroatoms. The van der Waals surface area contributed by atoms with Gasteiger partial charge in [0, 0.05) is 0 Å². The van der Waals surface area contributed by atoms with E-state index in [-0.39, 0.29) is 0 Å². The van der Waals surface area contributed by atoms with Gasteiger partial charge in [0.25, 0.3) is 0 Å². The van der Waals surface area contributed by atoms with E-state index in [9.17, 15) is 0 Å². The number of rotatable bonds is 0. The van der Waals surface area contributed by atoms with Crippen LogP contribution < -0.4 is 0 Å². The smallest absolute Gasteiger partial charge is 0.00112 e. The van der Waals surface area contributed by atoms with Crippen LogP contribution in [0.4, 0.5) is 0 Å². The molecule has 0 spiro atoms. The minimum absolute atomic E-state index is 1.36. The van der Waals surface area contributed by atoms with Crippen LogP contribution in [0.2, 0.25) is 0 Å². The Morgan fingerprint density at radius 2 is 0.731 bits per heavy atom. The molecule has 0 aliphatic carbocycles. The average molecular weight is 328 g/mol. The van der Waals surface area contributed by atoms with E-state index in [1.165, 1.54) is 75.8 Å². The minimum Gasteiger partial charge on any atom is -0.0537 e. The highest BCUT2D eigenvalue weighted by atomic mass is 14.2. The summed E-state index contributed by atoms with van der Waals surface area (Å²) in [6.07, 6.45) is 0. The Bertz CT molecular complexity index is 1490. The lowest BCUT2D eigenvalue weighted by molar-refractivity contribution is 1.56. The van der Waals surface area contributed by atoms with Gasteiger partial charge in [-0.05, 0) is 89.6 Å². The summed E-state index contributed by atoms with van der Waals surface area (Å²) in [4.78, 5) is 0. The first-order valence-corrected chi connectivity index (χ1v) is 9.30. The molecule has 0 aromatic heterocycles. The SMILES string of the molecule is Cc1cc2ccc3ccc4c(C)cc5ccc6ccc1c1c6c5c4c3c21. The largest absolute Gasteiger partial charge is 0.0537 e. The first kappa shape index (κ1) is 13.1. The molecule has 0 atom stereocenters. The Morgan fingerprint density at radius 1 is 0.385 bits per heavy atom. The van der Waals surface area contributed by atoms with Crippen molar-refractivity contribution in [2.75, 3.05) is 0 Å². The van der Waals surface area contributed by atoms with Gasteiger partial charge in [0.1, 0.15) is 0 Å². The predicted molar refractivity (Wildman–Crippen MR) is 115 cm³/mol. The van der Waals surface area contributed by atoms with Gasteiger partial charge in [-0.1, -0.05) is 60.7 Å². The summed E-state index contributed by atoms with van der Waals surface area (Å²) in [7, 11) is 0. The van der Waals surface area contributed by atoms with Crippen LogP contribution in [0.5, 0.6) is 0 Å². The average Bonchev–Trinajstić information content (AvgIpc) is 2.66. The molecule has 0 radical (unpaired) electrons. The lowest BCUT2D eigenvalue weighted by Crippen LogP contribution is -1.94. The van der Waals surface area contributed by atoms with Crippen molar-refractivity contribution in [1.29, 1.82) is 0 Å². The Morgan fingerprint density at radius 3 is 1.19 bits per heavy atom. The fraction of sp³-hybridized carbons (Fsp3) is 0.0769. The molecule has 7 aromatic rings. The van der Waals surface area contributed by atoms with E-state index in [0.29, 0.717) is 0 Å². The maximum atomic E-state index is 2.36. The fourth-order valence-electron chi connectivity index (χ4n) is 5.45. The van der Waals surface area contributed by atoms with Crippen LogP contribution in [0.1, 0.15) is 11.1 Å².